The topological polar surface area (TPSA) is 99.6 Å². The van der Waals surface area contributed by atoms with Crippen LogP contribution in [0.25, 0.3) is 11.0 Å². The van der Waals surface area contributed by atoms with Crippen LogP contribution in [0.3, 0.4) is 0 Å². The molecule has 0 aromatic carbocycles. The van der Waals surface area contributed by atoms with Crippen LogP contribution in [-0.2, 0) is 16.6 Å². The summed E-state index contributed by atoms with van der Waals surface area (Å²) in [6.07, 6.45) is 7.00. The molecule has 4 rings (SSSR count). The number of amides is 3. The highest BCUT2D eigenvalue weighted by atomic mass is 16.2. The summed E-state index contributed by atoms with van der Waals surface area (Å²) in [7, 11) is 3.59. The lowest BCUT2D eigenvalue weighted by atomic mass is 9.83. The van der Waals surface area contributed by atoms with E-state index in [4.69, 9.17) is 0 Å². The molecule has 2 aromatic heterocycles. The zero-order chi connectivity index (χ0) is 24.2. The molecule has 2 N–H and O–H groups in total. The summed E-state index contributed by atoms with van der Waals surface area (Å²) in [6, 6.07) is 4.82. The largest absolute Gasteiger partial charge is 0.343 e. The van der Waals surface area contributed by atoms with Crippen molar-refractivity contribution in [1.82, 2.24) is 30.0 Å². The Morgan fingerprint density at radius 3 is 2.38 bits per heavy atom. The first-order valence-electron chi connectivity index (χ1n) is 12.4. The van der Waals surface area contributed by atoms with Gasteiger partial charge in [-0.15, -0.1) is 0 Å². The second-order valence-corrected chi connectivity index (χ2v) is 9.52. The Balaban J connectivity index is 1.42. The van der Waals surface area contributed by atoms with Gasteiger partial charge in [-0.3, -0.25) is 14.4 Å². The summed E-state index contributed by atoms with van der Waals surface area (Å²) in [5.41, 5.74) is 1.38. The first kappa shape index (κ1) is 24.2. The van der Waals surface area contributed by atoms with Crippen molar-refractivity contribution in [3.05, 3.63) is 30.1 Å². The Kier molecular flexibility index (Phi) is 7.50. The lowest BCUT2D eigenvalue weighted by Gasteiger charge is -2.39. The van der Waals surface area contributed by atoms with Crippen molar-refractivity contribution in [3.8, 4) is 0 Å². The second kappa shape index (κ2) is 10.5. The van der Waals surface area contributed by atoms with E-state index in [9.17, 15) is 14.4 Å². The fraction of sp³-hybridized carbons (Fsp3) is 0.600. The number of carbonyl (C=O) groups excluding carboxylic acids is 3. The molecule has 1 aliphatic carbocycles. The number of aryl methyl sites for hydroxylation is 1. The van der Waals surface area contributed by atoms with Gasteiger partial charge in [-0.1, -0.05) is 19.3 Å². The fourth-order valence-electron chi connectivity index (χ4n) is 5.11. The maximum Gasteiger partial charge on any atom is 0.270 e. The highest BCUT2D eigenvalue weighted by Gasteiger charge is 2.36. The molecular formula is C25H36N6O3. The number of fused-ring (bicyclic) bond motifs is 1. The van der Waals surface area contributed by atoms with Gasteiger partial charge in [0.25, 0.3) is 5.91 Å². The third kappa shape index (κ3) is 4.94. The third-order valence-electron chi connectivity index (χ3n) is 7.40. The Hall–Kier alpha value is -2.94. The maximum atomic E-state index is 13.5. The number of piperazine rings is 1. The van der Waals surface area contributed by atoms with Gasteiger partial charge in [0, 0.05) is 44.8 Å². The quantitative estimate of drug-likeness (QED) is 0.670. The van der Waals surface area contributed by atoms with Crippen LogP contribution < -0.4 is 10.6 Å². The molecular weight excluding hydrogens is 432 g/mol. The summed E-state index contributed by atoms with van der Waals surface area (Å²) in [4.78, 5) is 47.3. The molecule has 184 valence electrons. The van der Waals surface area contributed by atoms with Crippen molar-refractivity contribution in [2.75, 3.05) is 33.2 Å². The highest BCUT2D eigenvalue weighted by Crippen LogP contribution is 2.28. The number of hydrogen-bond donors (Lipinski definition) is 2. The van der Waals surface area contributed by atoms with E-state index < -0.39 is 6.04 Å². The Bertz CT molecular complexity index is 1040. The summed E-state index contributed by atoms with van der Waals surface area (Å²) in [6.45, 7) is 3.67. The molecule has 2 aromatic rings. The van der Waals surface area contributed by atoms with Crippen molar-refractivity contribution in [2.24, 2.45) is 13.0 Å². The van der Waals surface area contributed by atoms with Crippen molar-refractivity contribution in [1.29, 1.82) is 0 Å². The van der Waals surface area contributed by atoms with Crippen LogP contribution in [0.1, 0.15) is 49.5 Å². The van der Waals surface area contributed by atoms with Gasteiger partial charge in [-0.25, -0.2) is 4.98 Å². The predicted octanol–water partition coefficient (Wildman–Crippen LogP) is 1.53. The van der Waals surface area contributed by atoms with Crippen LogP contribution in [-0.4, -0.2) is 82.4 Å². The van der Waals surface area contributed by atoms with Gasteiger partial charge in [0.05, 0.1) is 6.04 Å². The number of nitrogens with one attached hydrogen (secondary N) is 2. The number of nitrogens with zero attached hydrogens (tertiary/aromatic N) is 4. The lowest BCUT2D eigenvalue weighted by Crippen LogP contribution is -2.59. The molecule has 0 bridgehead atoms. The summed E-state index contributed by atoms with van der Waals surface area (Å²) in [5.74, 6) is -0.0566. The van der Waals surface area contributed by atoms with Gasteiger partial charge in [0.15, 0.2) is 0 Å². The summed E-state index contributed by atoms with van der Waals surface area (Å²) >= 11 is 0. The molecule has 1 saturated carbocycles. The SMILES string of the molecule is CNC(C)C(=O)NC(C(=O)N1CCN(C(=O)c2cc3cccnc3n2C)CC1)C1CCCCC1. The summed E-state index contributed by atoms with van der Waals surface area (Å²) in [5, 5.41) is 6.92. The molecule has 34 heavy (non-hydrogen) atoms. The molecule has 2 atom stereocenters. The fourth-order valence-corrected chi connectivity index (χ4v) is 5.11. The molecule has 2 aliphatic rings. The summed E-state index contributed by atoms with van der Waals surface area (Å²) < 4.78 is 1.83. The number of hydrogen-bond acceptors (Lipinski definition) is 5. The first-order chi connectivity index (χ1) is 16.4. The second-order valence-electron chi connectivity index (χ2n) is 9.52. The van der Waals surface area contributed by atoms with Gasteiger partial charge in [0.2, 0.25) is 11.8 Å². The van der Waals surface area contributed by atoms with Crippen LogP contribution in [0.4, 0.5) is 0 Å². The van der Waals surface area contributed by atoms with Crippen molar-refractivity contribution in [2.45, 2.75) is 51.1 Å². The highest BCUT2D eigenvalue weighted by molar-refractivity contribution is 5.98. The van der Waals surface area contributed by atoms with Crippen molar-refractivity contribution in [3.63, 3.8) is 0 Å². The van der Waals surface area contributed by atoms with E-state index in [1.807, 2.05) is 34.7 Å². The lowest BCUT2D eigenvalue weighted by molar-refractivity contribution is -0.140. The smallest absolute Gasteiger partial charge is 0.270 e. The molecule has 0 radical (unpaired) electrons. The molecule has 9 nitrogen and oxygen atoms in total. The van der Waals surface area contributed by atoms with Crippen LogP contribution >= 0.6 is 0 Å². The van der Waals surface area contributed by atoms with E-state index in [2.05, 4.69) is 15.6 Å². The minimum atomic E-state index is -0.505. The van der Waals surface area contributed by atoms with Crippen LogP contribution in [0.2, 0.25) is 0 Å². The number of carbonyl (C=O) groups is 3. The molecule has 1 aliphatic heterocycles. The van der Waals surface area contributed by atoms with Gasteiger partial charge in [-0.05, 0) is 50.9 Å². The average molecular weight is 469 g/mol. The molecule has 3 heterocycles. The van der Waals surface area contributed by atoms with Crippen LogP contribution in [0.5, 0.6) is 0 Å². The van der Waals surface area contributed by atoms with Crippen LogP contribution in [0.15, 0.2) is 24.4 Å². The third-order valence-corrected chi connectivity index (χ3v) is 7.40. The zero-order valence-electron chi connectivity index (χ0n) is 20.4. The molecule has 0 spiro atoms. The molecule has 2 fully saturated rings. The predicted molar refractivity (Wildman–Crippen MR) is 130 cm³/mol. The standard InChI is InChI=1S/C25H36N6O3/c1-17(26-2)23(32)28-21(18-8-5-4-6-9-18)25(34)31-14-12-30(13-15-31)24(33)20-16-19-10-7-11-27-22(19)29(20)3/h7,10-11,16-18,21,26H,4-6,8-9,12-15H2,1-3H3,(H,28,32). The molecule has 9 heteroatoms. The molecule has 1 saturated heterocycles. The molecule has 3 amide bonds. The monoisotopic (exact) mass is 468 g/mol. The number of rotatable bonds is 6. The number of pyridine rings is 1. The first-order valence-corrected chi connectivity index (χ1v) is 12.4. The number of likely N-dealkylation sites (N-methyl/N-ethyl adjacent to an activating group) is 1. The van der Waals surface area contributed by atoms with E-state index in [0.29, 0.717) is 31.9 Å². The van der Waals surface area contributed by atoms with Gasteiger partial charge in [0.1, 0.15) is 17.4 Å². The van der Waals surface area contributed by atoms with Gasteiger partial charge in [-0.2, -0.15) is 0 Å². The normalized spacial score (nSPS) is 19.1. The van der Waals surface area contributed by atoms with Crippen molar-refractivity contribution < 1.29 is 14.4 Å². The minimum Gasteiger partial charge on any atom is -0.343 e. The van der Waals surface area contributed by atoms with E-state index in [1.165, 1.54) is 6.42 Å². The van der Waals surface area contributed by atoms with E-state index in [0.717, 1.165) is 36.7 Å². The Labute approximate surface area is 200 Å². The molecule has 2 unspecified atom stereocenters. The van der Waals surface area contributed by atoms with Crippen LogP contribution in [0, 0.1) is 5.92 Å². The Morgan fingerprint density at radius 2 is 1.74 bits per heavy atom. The maximum absolute atomic E-state index is 13.5. The van der Waals surface area contributed by atoms with E-state index in [1.54, 1.807) is 25.1 Å². The van der Waals surface area contributed by atoms with E-state index in [-0.39, 0.29) is 29.7 Å². The zero-order valence-corrected chi connectivity index (χ0v) is 20.4. The van der Waals surface area contributed by atoms with Gasteiger partial charge >= 0.3 is 0 Å². The minimum absolute atomic E-state index is 0.0237. The average Bonchev–Trinajstić information content (AvgIpc) is 3.22. The van der Waals surface area contributed by atoms with E-state index >= 15 is 0 Å². The Morgan fingerprint density at radius 1 is 1.06 bits per heavy atom. The van der Waals surface area contributed by atoms with Gasteiger partial charge < -0.3 is 25.0 Å². The number of aromatic nitrogens is 2. The van der Waals surface area contributed by atoms with Crippen molar-refractivity contribution >= 4 is 28.8 Å².